The Morgan fingerprint density at radius 1 is 0.962 bits per heavy atom. The summed E-state index contributed by atoms with van der Waals surface area (Å²) in [6.45, 7) is 16.2. The second-order valence-electron chi connectivity index (χ2n) is 7.92. The predicted molar refractivity (Wildman–Crippen MR) is 124 cm³/mol. The van der Waals surface area contributed by atoms with Crippen molar-refractivity contribution in [2.75, 3.05) is 0 Å². The molecular weight excluding hydrogens is 527 g/mol. The molecule has 0 fully saturated rings. The van der Waals surface area contributed by atoms with Gasteiger partial charge in [0.2, 0.25) is 0 Å². The Bertz CT molecular complexity index is 740. The first-order chi connectivity index (χ1) is 11.4. The molecule has 0 heterocycles. The Morgan fingerprint density at radius 3 is 1.77 bits per heavy atom. The Kier molecular flexibility index (Phi) is 8.34. The fourth-order valence-corrected chi connectivity index (χ4v) is 19.8. The van der Waals surface area contributed by atoms with Crippen molar-refractivity contribution in [2.45, 2.75) is 51.6 Å². The van der Waals surface area contributed by atoms with Crippen LogP contribution < -0.4 is 0 Å². The van der Waals surface area contributed by atoms with Crippen LogP contribution in [0.5, 0.6) is 0 Å². The molecule has 3 heteroatoms. The Balaban J connectivity index is 0.00000169. The fraction of sp³-hybridized carbons (Fsp3) is 0.391. The van der Waals surface area contributed by atoms with E-state index in [1.54, 1.807) is 21.0 Å². The van der Waals surface area contributed by atoms with Crippen LogP contribution in [0.1, 0.15) is 47.5 Å². The monoisotopic (exact) mass is 556 g/mol. The molecule has 0 aromatic rings. The minimum atomic E-state index is -2.95. The van der Waals surface area contributed by atoms with E-state index in [1.807, 2.05) is 0 Å². The SMILES string of the molecule is Br.Br.C=C[CH2][Zr]([C]1=CC=CC1)([C]1=CC=CC1)[C]1=C(C)C(C)=C(C)C1(C)C. The molecule has 3 rings (SSSR count). The second-order valence-corrected chi connectivity index (χ2v) is 17.8. The normalized spacial score (nSPS) is 20.8. The van der Waals surface area contributed by atoms with Crippen molar-refractivity contribution in [3.05, 3.63) is 75.7 Å². The zero-order valence-electron chi connectivity index (χ0n) is 16.7. The standard InChI is InChI=1S/C10H15.2C5H5.C3H5.2BrH.Zr/c1-7-6-10(4,5)9(3)8(7)2;2*1-2-4-5-3-1;1-3-2;;;/h1-5H3;2*1-3H,4H2;3H,1-2H2;2*1H;. The van der Waals surface area contributed by atoms with E-state index in [2.05, 4.69) is 83.7 Å². The molecule has 0 saturated heterocycles. The van der Waals surface area contributed by atoms with Gasteiger partial charge >= 0.3 is 153 Å². The average Bonchev–Trinajstić information content (AvgIpc) is 3.27. The summed E-state index contributed by atoms with van der Waals surface area (Å²) in [7, 11) is 0. The first kappa shape index (κ1) is 24.1. The van der Waals surface area contributed by atoms with Crippen LogP contribution in [0.25, 0.3) is 0 Å². The van der Waals surface area contributed by atoms with Gasteiger partial charge in [0.1, 0.15) is 0 Å². The summed E-state index contributed by atoms with van der Waals surface area (Å²) in [6.07, 6.45) is 18.6. The molecule has 0 aromatic heterocycles. The van der Waals surface area contributed by atoms with Crippen molar-refractivity contribution in [3.8, 4) is 0 Å². The summed E-state index contributed by atoms with van der Waals surface area (Å²) in [5.74, 6) is 0. The van der Waals surface area contributed by atoms with Crippen molar-refractivity contribution in [3.63, 3.8) is 0 Å². The van der Waals surface area contributed by atoms with Crippen LogP contribution in [0.4, 0.5) is 0 Å². The topological polar surface area (TPSA) is 0 Å². The Morgan fingerprint density at radius 2 is 1.46 bits per heavy atom. The Labute approximate surface area is 185 Å². The van der Waals surface area contributed by atoms with Gasteiger partial charge < -0.3 is 0 Å². The van der Waals surface area contributed by atoms with Gasteiger partial charge in [-0.25, -0.2) is 0 Å². The molecule has 0 nitrogen and oxygen atoms in total. The van der Waals surface area contributed by atoms with E-state index in [1.165, 1.54) is 9.70 Å². The molecule has 0 spiro atoms. The van der Waals surface area contributed by atoms with Crippen molar-refractivity contribution >= 4 is 34.0 Å². The van der Waals surface area contributed by atoms with E-state index in [0.29, 0.717) is 0 Å². The van der Waals surface area contributed by atoms with Crippen LogP contribution in [0.2, 0.25) is 4.13 Å². The van der Waals surface area contributed by atoms with Gasteiger partial charge in [0, 0.05) is 0 Å². The molecule has 3 aliphatic rings. The number of rotatable bonds is 5. The van der Waals surface area contributed by atoms with Gasteiger partial charge in [-0.1, -0.05) is 0 Å². The van der Waals surface area contributed by atoms with Crippen LogP contribution in [0, 0.1) is 5.41 Å². The van der Waals surface area contributed by atoms with Crippen molar-refractivity contribution in [1.29, 1.82) is 0 Å². The van der Waals surface area contributed by atoms with Gasteiger partial charge in [0.25, 0.3) is 0 Å². The van der Waals surface area contributed by atoms with E-state index >= 15 is 0 Å². The third kappa shape index (κ3) is 3.53. The van der Waals surface area contributed by atoms with E-state index in [4.69, 9.17) is 0 Å². The van der Waals surface area contributed by atoms with Gasteiger partial charge in [0.05, 0.1) is 0 Å². The molecule has 0 aromatic carbocycles. The molecule has 142 valence electrons. The number of hydrogen-bond donors (Lipinski definition) is 0. The van der Waals surface area contributed by atoms with Crippen LogP contribution in [0.15, 0.2) is 75.7 Å². The third-order valence-corrected chi connectivity index (χ3v) is 20.6. The van der Waals surface area contributed by atoms with Gasteiger partial charge in [-0.2, -0.15) is 0 Å². The van der Waals surface area contributed by atoms with Crippen LogP contribution >= 0.6 is 34.0 Å². The molecule has 0 N–H and O–H groups in total. The second kappa shape index (κ2) is 9.02. The molecular formula is C23H32Br2Zr. The van der Waals surface area contributed by atoms with Crippen molar-refractivity contribution in [2.24, 2.45) is 5.41 Å². The molecule has 0 unspecified atom stereocenters. The molecule has 3 aliphatic carbocycles. The molecule has 26 heavy (non-hydrogen) atoms. The van der Waals surface area contributed by atoms with E-state index < -0.39 is 20.3 Å². The first-order valence-corrected chi connectivity index (χ1v) is 14.5. The zero-order chi connectivity index (χ0) is 17.5. The molecule has 0 amide bonds. The Hall–Kier alpha value is 0.0231. The quantitative estimate of drug-likeness (QED) is 0.298. The summed E-state index contributed by atoms with van der Waals surface area (Å²) in [5.41, 5.74) is 4.85. The first-order valence-electron chi connectivity index (χ1n) is 9.10. The van der Waals surface area contributed by atoms with Gasteiger partial charge in [-0.05, 0) is 0 Å². The molecule has 0 atom stereocenters. The maximum absolute atomic E-state index is 4.19. The van der Waals surface area contributed by atoms with Crippen LogP contribution in [0.3, 0.4) is 0 Å². The summed E-state index contributed by atoms with van der Waals surface area (Å²) < 4.78 is 6.47. The fourth-order valence-electron chi connectivity index (χ4n) is 5.08. The average molecular weight is 560 g/mol. The maximum atomic E-state index is 4.19. The van der Waals surface area contributed by atoms with Gasteiger partial charge in [0.15, 0.2) is 0 Å². The van der Waals surface area contributed by atoms with Crippen molar-refractivity contribution in [1.82, 2.24) is 0 Å². The van der Waals surface area contributed by atoms with Gasteiger partial charge in [-0.15, -0.1) is 34.0 Å². The van der Waals surface area contributed by atoms with Crippen LogP contribution in [-0.4, -0.2) is 0 Å². The third-order valence-electron chi connectivity index (χ3n) is 6.58. The number of allylic oxidation sites excluding steroid dienone is 13. The van der Waals surface area contributed by atoms with Crippen LogP contribution in [-0.2, 0) is 20.3 Å². The van der Waals surface area contributed by atoms with E-state index in [0.717, 1.165) is 12.8 Å². The predicted octanol–water partition coefficient (Wildman–Crippen LogP) is 8.24. The molecule has 0 saturated carbocycles. The summed E-state index contributed by atoms with van der Waals surface area (Å²) in [6, 6.07) is 0. The van der Waals surface area contributed by atoms with Gasteiger partial charge in [-0.3, -0.25) is 0 Å². The zero-order valence-corrected chi connectivity index (χ0v) is 22.6. The molecule has 0 aliphatic heterocycles. The summed E-state index contributed by atoms with van der Waals surface area (Å²) >= 11 is -2.95. The summed E-state index contributed by atoms with van der Waals surface area (Å²) in [4.78, 5) is 0. The van der Waals surface area contributed by atoms with E-state index in [-0.39, 0.29) is 39.4 Å². The number of halogens is 2. The minimum absolute atomic E-state index is 0. The molecule has 0 bridgehead atoms. The number of hydrogen-bond acceptors (Lipinski definition) is 0. The summed E-state index contributed by atoms with van der Waals surface area (Å²) in [5, 5.41) is 0. The molecule has 0 radical (unpaired) electrons. The van der Waals surface area contributed by atoms with E-state index in [9.17, 15) is 0 Å². The van der Waals surface area contributed by atoms with Crippen molar-refractivity contribution < 1.29 is 20.3 Å².